The molecule has 0 saturated heterocycles. The molecule has 0 amide bonds. The molecular weight excluding hydrogens is 236 g/mol. The van der Waals surface area contributed by atoms with Crippen LogP contribution in [0.15, 0.2) is 11.3 Å². The lowest BCUT2D eigenvalue weighted by Gasteiger charge is -2.09. The lowest BCUT2D eigenvalue weighted by Crippen LogP contribution is -2.20. The highest BCUT2D eigenvalue weighted by molar-refractivity contribution is 5.71. The van der Waals surface area contributed by atoms with E-state index in [0.29, 0.717) is 6.61 Å². The average molecular weight is 256 g/mol. The largest absolute Gasteiger partial charge is 0.479 e. The van der Waals surface area contributed by atoms with Crippen LogP contribution in [0, 0.1) is 0 Å². The molecule has 1 atom stereocenters. The Balaban J connectivity index is 2.29. The molecule has 5 nitrogen and oxygen atoms in total. The van der Waals surface area contributed by atoms with Gasteiger partial charge in [0.2, 0.25) is 0 Å². The van der Waals surface area contributed by atoms with Gasteiger partial charge in [0, 0.05) is 20.0 Å². The van der Waals surface area contributed by atoms with Gasteiger partial charge < -0.3 is 14.6 Å². The second kappa shape index (κ2) is 7.16. The third-order valence-corrected chi connectivity index (χ3v) is 2.88. The minimum Gasteiger partial charge on any atom is -0.479 e. The molecule has 1 rings (SSSR count). The minimum atomic E-state index is -0.948. The molecule has 0 spiro atoms. The normalized spacial score (nSPS) is 16.8. The van der Waals surface area contributed by atoms with Gasteiger partial charge in [0.25, 0.3) is 0 Å². The van der Waals surface area contributed by atoms with Crippen LogP contribution in [0.4, 0.5) is 0 Å². The summed E-state index contributed by atoms with van der Waals surface area (Å²) in [6.45, 7) is 3.33. The molecule has 0 bridgehead atoms. The summed E-state index contributed by atoms with van der Waals surface area (Å²) >= 11 is 0. The zero-order chi connectivity index (χ0) is 13.5. The molecule has 1 aliphatic rings. The van der Waals surface area contributed by atoms with E-state index in [1.54, 1.807) is 0 Å². The Labute approximate surface area is 107 Å². The Morgan fingerprint density at radius 1 is 1.39 bits per heavy atom. The van der Waals surface area contributed by atoms with E-state index in [1.165, 1.54) is 13.8 Å². The van der Waals surface area contributed by atoms with Crippen LogP contribution in [0.2, 0.25) is 0 Å². The van der Waals surface area contributed by atoms with E-state index in [-0.39, 0.29) is 5.97 Å². The Hall–Kier alpha value is -1.36. The molecule has 1 N–H and O–H groups in total. The summed E-state index contributed by atoms with van der Waals surface area (Å²) in [6, 6.07) is 0. The van der Waals surface area contributed by atoms with Crippen LogP contribution in [-0.2, 0) is 19.1 Å². The number of carboxylic acids is 1. The van der Waals surface area contributed by atoms with Gasteiger partial charge >= 0.3 is 11.9 Å². The van der Waals surface area contributed by atoms with Crippen molar-refractivity contribution in [3.63, 3.8) is 0 Å². The minimum absolute atomic E-state index is 0.278. The maximum Gasteiger partial charge on any atom is 0.332 e. The number of carbonyl (C=O) groups is 2. The van der Waals surface area contributed by atoms with Crippen LogP contribution < -0.4 is 0 Å². The fourth-order valence-electron chi connectivity index (χ4n) is 1.96. The molecule has 0 aromatic carbocycles. The van der Waals surface area contributed by atoms with Crippen molar-refractivity contribution in [2.45, 2.75) is 52.1 Å². The van der Waals surface area contributed by atoms with Crippen molar-refractivity contribution in [1.29, 1.82) is 0 Å². The molecule has 0 saturated carbocycles. The molecule has 102 valence electrons. The lowest BCUT2D eigenvalue weighted by molar-refractivity contribution is -0.149. The van der Waals surface area contributed by atoms with Crippen LogP contribution in [0.3, 0.4) is 0 Å². The van der Waals surface area contributed by atoms with Gasteiger partial charge in [-0.05, 0) is 38.2 Å². The molecular formula is C13H20O5. The molecule has 0 radical (unpaired) electrons. The van der Waals surface area contributed by atoms with Gasteiger partial charge in [0.05, 0.1) is 0 Å². The fourth-order valence-corrected chi connectivity index (χ4v) is 1.96. The van der Waals surface area contributed by atoms with Crippen LogP contribution in [0.25, 0.3) is 0 Å². The third-order valence-electron chi connectivity index (χ3n) is 2.88. The number of allylic oxidation sites excluding steroid dienone is 2. The highest BCUT2D eigenvalue weighted by Crippen LogP contribution is 2.30. The van der Waals surface area contributed by atoms with E-state index in [1.807, 2.05) is 0 Å². The smallest absolute Gasteiger partial charge is 0.332 e. The van der Waals surface area contributed by atoms with Crippen molar-refractivity contribution >= 4 is 11.9 Å². The molecule has 0 heterocycles. The first kappa shape index (κ1) is 14.7. The van der Waals surface area contributed by atoms with E-state index in [4.69, 9.17) is 14.6 Å². The van der Waals surface area contributed by atoms with Crippen LogP contribution in [0.5, 0.6) is 0 Å². The first-order valence-corrected chi connectivity index (χ1v) is 6.24. The number of hydrogen-bond acceptors (Lipinski definition) is 4. The summed E-state index contributed by atoms with van der Waals surface area (Å²) in [4.78, 5) is 21.4. The monoisotopic (exact) mass is 256 g/mol. The van der Waals surface area contributed by atoms with Gasteiger partial charge in [-0.25, -0.2) is 4.79 Å². The van der Waals surface area contributed by atoms with E-state index < -0.39 is 12.1 Å². The Morgan fingerprint density at radius 3 is 2.72 bits per heavy atom. The van der Waals surface area contributed by atoms with Crippen molar-refractivity contribution in [1.82, 2.24) is 0 Å². The molecule has 0 aliphatic heterocycles. The standard InChI is InChI=1S/C13H20O5/c1-9(13(15)16)17-8-4-6-11-5-3-7-12(11)18-10(2)14/h9H,3-8H2,1-2H3,(H,15,16). The number of aliphatic carboxylic acids is 1. The van der Waals surface area contributed by atoms with Gasteiger partial charge in [-0.1, -0.05) is 0 Å². The average Bonchev–Trinajstić information content (AvgIpc) is 2.70. The summed E-state index contributed by atoms with van der Waals surface area (Å²) in [5.74, 6) is -0.426. The van der Waals surface area contributed by atoms with Crippen LogP contribution in [-0.4, -0.2) is 29.8 Å². The van der Waals surface area contributed by atoms with Crippen molar-refractivity contribution in [2.75, 3.05) is 6.61 Å². The number of rotatable bonds is 7. The van der Waals surface area contributed by atoms with Crippen LogP contribution in [0.1, 0.15) is 46.0 Å². The molecule has 1 aliphatic carbocycles. The summed E-state index contributed by atoms with van der Waals surface area (Å²) < 4.78 is 10.3. The molecule has 0 fully saturated rings. The molecule has 1 unspecified atom stereocenters. The van der Waals surface area contributed by atoms with Crippen molar-refractivity contribution in [2.24, 2.45) is 0 Å². The second-order valence-electron chi connectivity index (χ2n) is 4.43. The highest BCUT2D eigenvalue weighted by Gasteiger charge is 2.17. The SMILES string of the molecule is CC(=O)OC1=C(CCCOC(C)C(=O)O)CCC1. The van der Waals surface area contributed by atoms with E-state index >= 15 is 0 Å². The summed E-state index contributed by atoms with van der Waals surface area (Å²) in [7, 11) is 0. The van der Waals surface area contributed by atoms with Crippen molar-refractivity contribution < 1.29 is 24.2 Å². The predicted octanol–water partition coefficient (Wildman–Crippen LogP) is 2.26. The number of hydrogen-bond donors (Lipinski definition) is 1. The molecule has 0 aromatic heterocycles. The molecule has 5 heteroatoms. The number of carboxylic acid groups (broad SMARTS) is 1. The second-order valence-corrected chi connectivity index (χ2v) is 4.43. The molecule has 0 aromatic rings. The third kappa shape index (κ3) is 4.87. The lowest BCUT2D eigenvalue weighted by atomic mass is 10.1. The highest BCUT2D eigenvalue weighted by atomic mass is 16.5. The first-order chi connectivity index (χ1) is 8.50. The van der Waals surface area contributed by atoms with E-state index in [0.717, 1.165) is 43.4 Å². The maximum absolute atomic E-state index is 10.9. The number of ether oxygens (including phenoxy) is 2. The van der Waals surface area contributed by atoms with Crippen molar-refractivity contribution in [3.8, 4) is 0 Å². The summed E-state index contributed by atoms with van der Waals surface area (Å²) in [5, 5.41) is 8.64. The van der Waals surface area contributed by atoms with Gasteiger partial charge in [0.1, 0.15) is 5.76 Å². The van der Waals surface area contributed by atoms with Crippen LogP contribution >= 0.6 is 0 Å². The topological polar surface area (TPSA) is 72.8 Å². The van der Waals surface area contributed by atoms with Gasteiger partial charge in [-0.15, -0.1) is 0 Å². The maximum atomic E-state index is 10.9. The Kier molecular flexibility index (Phi) is 5.85. The fraction of sp³-hybridized carbons (Fsp3) is 0.692. The van der Waals surface area contributed by atoms with Crippen molar-refractivity contribution in [3.05, 3.63) is 11.3 Å². The number of esters is 1. The zero-order valence-corrected chi connectivity index (χ0v) is 10.9. The first-order valence-electron chi connectivity index (χ1n) is 6.24. The van der Waals surface area contributed by atoms with Gasteiger partial charge in [0.15, 0.2) is 6.10 Å². The Morgan fingerprint density at radius 2 is 2.11 bits per heavy atom. The van der Waals surface area contributed by atoms with E-state index in [9.17, 15) is 9.59 Å². The molecule has 18 heavy (non-hydrogen) atoms. The zero-order valence-electron chi connectivity index (χ0n) is 10.9. The summed E-state index contributed by atoms with van der Waals surface area (Å²) in [5.41, 5.74) is 1.16. The Bertz CT molecular complexity index is 345. The van der Waals surface area contributed by atoms with Gasteiger partial charge in [-0.2, -0.15) is 0 Å². The number of carbonyl (C=O) groups excluding carboxylic acids is 1. The van der Waals surface area contributed by atoms with E-state index in [2.05, 4.69) is 0 Å². The summed E-state index contributed by atoms with van der Waals surface area (Å²) in [6.07, 6.45) is 3.57. The quantitative estimate of drug-likeness (QED) is 0.558. The predicted molar refractivity (Wildman–Crippen MR) is 64.9 cm³/mol. The van der Waals surface area contributed by atoms with Gasteiger partial charge in [-0.3, -0.25) is 4.79 Å².